The van der Waals surface area contributed by atoms with Gasteiger partial charge < -0.3 is 9.73 Å². The number of benzene rings is 2. The van der Waals surface area contributed by atoms with E-state index in [0.717, 1.165) is 5.56 Å². The Morgan fingerprint density at radius 3 is 2.73 bits per heavy atom. The van der Waals surface area contributed by atoms with E-state index >= 15 is 0 Å². The van der Waals surface area contributed by atoms with Crippen LogP contribution in [0, 0.1) is 6.92 Å². The summed E-state index contributed by atoms with van der Waals surface area (Å²) in [5, 5.41) is 3.43. The number of hydrogen-bond donors (Lipinski definition) is 1. The van der Waals surface area contributed by atoms with Crippen molar-refractivity contribution in [3.05, 3.63) is 63.1 Å². The molecule has 5 nitrogen and oxygen atoms in total. The summed E-state index contributed by atoms with van der Waals surface area (Å²) in [6.07, 6.45) is 0. The van der Waals surface area contributed by atoms with Gasteiger partial charge in [-0.1, -0.05) is 11.6 Å². The molecule has 1 aromatic heterocycles. The zero-order valence-electron chi connectivity index (χ0n) is 12.0. The molecule has 0 radical (unpaired) electrons. The van der Waals surface area contributed by atoms with E-state index in [-0.39, 0.29) is 5.91 Å². The van der Waals surface area contributed by atoms with Crippen LogP contribution in [0.1, 0.15) is 15.9 Å². The lowest BCUT2D eigenvalue weighted by atomic mass is 10.1. The maximum Gasteiger partial charge on any atom is 0.419 e. The van der Waals surface area contributed by atoms with Gasteiger partial charge in [0, 0.05) is 23.3 Å². The minimum atomic E-state index is -0.457. The van der Waals surface area contributed by atoms with Crippen LogP contribution < -0.4 is 11.1 Å². The minimum absolute atomic E-state index is 0.279. The smallest absolute Gasteiger partial charge is 0.408 e. The number of amides is 1. The summed E-state index contributed by atoms with van der Waals surface area (Å²) in [5.41, 5.74) is 2.99. The Kier molecular flexibility index (Phi) is 3.50. The van der Waals surface area contributed by atoms with E-state index in [1.165, 1.54) is 4.57 Å². The Balaban J connectivity index is 1.93. The van der Waals surface area contributed by atoms with Crippen LogP contribution in [0.2, 0.25) is 5.02 Å². The molecule has 0 fully saturated rings. The summed E-state index contributed by atoms with van der Waals surface area (Å²) in [4.78, 5) is 23.8. The molecule has 3 aromatic rings. The van der Waals surface area contributed by atoms with Gasteiger partial charge in [0.25, 0.3) is 5.91 Å². The zero-order valence-corrected chi connectivity index (χ0v) is 12.8. The maximum absolute atomic E-state index is 12.3. The Labute approximate surface area is 131 Å². The molecule has 0 bridgehead atoms. The van der Waals surface area contributed by atoms with Crippen molar-refractivity contribution in [1.82, 2.24) is 4.57 Å². The third-order valence-corrected chi connectivity index (χ3v) is 3.73. The molecule has 0 atom stereocenters. The summed E-state index contributed by atoms with van der Waals surface area (Å²) in [6.45, 7) is 1.86. The third kappa shape index (κ3) is 2.51. The molecule has 2 aromatic carbocycles. The van der Waals surface area contributed by atoms with Crippen molar-refractivity contribution < 1.29 is 9.21 Å². The lowest BCUT2D eigenvalue weighted by Gasteiger charge is -2.08. The number of halogens is 1. The lowest BCUT2D eigenvalue weighted by Crippen LogP contribution is -2.12. The summed E-state index contributed by atoms with van der Waals surface area (Å²) >= 11 is 5.90. The third-order valence-electron chi connectivity index (χ3n) is 3.49. The standard InChI is InChI=1S/C16H13ClN2O3/c1-9-7-11(17)4-5-12(9)18-15(20)10-3-6-13-14(8-10)22-16(21)19(13)2/h3-8H,1-2H3,(H,18,20). The van der Waals surface area contributed by atoms with E-state index in [2.05, 4.69) is 5.32 Å². The molecule has 0 aliphatic heterocycles. The van der Waals surface area contributed by atoms with E-state index < -0.39 is 5.76 Å². The van der Waals surface area contributed by atoms with Crippen LogP contribution in [0.3, 0.4) is 0 Å². The van der Waals surface area contributed by atoms with Crippen LogP contribution in [0.15, 0.2) is 45.6 Å². The molecular formula is C16H13ClN2O3. The first-order valence-corrected chi connectivity index (χ1v) is 7.00. The molecule has 1 N–H and O–H groups in total. The van der Waals surface area contributed by atoms with Crippen LogP contribution in [-0.4, -0.2) is 10.5 Å². The molecule has 0 aliphatic rings. The van der Waals surface area contributed by atoms with Crippen LogP contribution in [0.25, 0.3) is 11.1 Å². The Hall–Kier alpha value is -2.53. The molecule has 1 heterocycles. The number of rotatable bonds is 2. The van der Waals surface area contributed by atoms with Crippen LogP contribution >= 0.6 is 11.6 Å². The second-order valence-corrected chi connectivity index (χ2v) is 5.46. The molecular weight excluding hydrogens is 304 g/mol. The monoisotopic (exact) mass is 316 g/mol. The summed E-state index contributed by atoms with van der Waals surface area (Å²) in [6, 6.07) is 10.1. The minimum Gasteiger partial charge on any atom is -0.408 e. The van der Waals surface area contributed by atoms with Gasteiger partial charge in [0.15, 0.2) is 5.58 Å². The maximum atomic E-state index is 12.3. The first-order valence-electron chi connectivity index (χ1n) is 6.63. The highest BCUT2D eigenvalue weighted by Crippen LogP contribution is 2.21. The number of fused-ring (bicyclic) bond motifs is 1. The molecule has 22 heavy (non-hydrogen) atoms. The summed E-state index contributed by atoms with van der Waals surface area (Å²) < 4.78 is 6.48. The van der Waals surface area contributed by atoms with Crippen molar-refractivity contribution in [2.75, 3.05) is 5.32 Å². The number of nitrogens with one attached hydrogen (secondary N) is 1. The zero-order chi connectivity index (χ0) is 15.9. The molecule has 6 heteroatoms. The van der Waals surface area contributed by atoms with Crippen molar-refractivity contribution in [3.8, 4) is 0 Å². The predicted molar refractivity (Wildman–Crippen MR) is 85.6 cm³/mol. The number of nitrogens with zero attached hydrogens (tertiary/aromatic N) is 1. The topological polar surface area (TPSA) is 64.2 Å². The number of aromatic nitrogens is 1. The molecule has 0 aliphatic carbocycles. The number of anilines is 1. The van der Waals surface area contributed by atoms with Crippen molar-refractivity contribution >= 4 is 34.3 Å². The fourth-order valence-corrected chi connectivity index (χ4v) is 2.46. The van der Waals surface area contributed by atoms with Gasteiger partial charge >= 0.3 is 5.76 Å². The summed E-state index contributed by atoms with van der Waals surface area (Å²) in [7, 11) is 1.62. The van der Waals surface area contributed by atoms with Gasteiger partial charge in [-0.25, -0.2) is 4.79 Å². The molecule has 1 amide bonds. The van der Waals surface area contributed by atoms with E-state index in [1.807, 2.05) is 6.92 Å². The quantitative estimate of drug-likeness (QED) is 0.788. The van der Waals surface area contributed by atoms with Gasteiger partial charge in [0.2, 0.25) is 0 Å². The number of aryl methyl sites for hydroxylation is 2. The molecule has 0 spiro atoms. The van der Waals surface area contributed by atoms with E-state index in [1.54, 1.807) is 43.4 Å². The van der Waals surface area contributed by atoms with Crippen LogP contribution in [0.5, 0.6) is 0 Å². The second-order valence-electron chi connectivity index (χ2n) is 5.02. The average Bonchev–Trinajstić information content (AvgIpc) is 2.76. The summed E-state index contributed by atoms with van der Waals surface area (Å²) in [5.74, 6) is -0.736. The van der Waals surface area contributed by atoms with E-state index in [4.69, 9.17) is 16.0 Å². The Morgan fingerprint density at radius 1 is 1.23 bits per heavy atom. The number of carbonyl (C=O) groups is 1. The van der Waals surface area contributed by atoms with Gasteiger partial charge in [-0.15, -0.1) is 0 Å². The largest absolute Gasteiger partial charge is 0.419 e. The van der Waals surface area contributed by atoms with E-state index in [9.17, 15) is 9.59 Å². The highest BCUT2D eigenvalue weighted by molar-refractivity contribution is 6.30. The van der Waals surface area contributed by atoms with Crippen LogP contribution in [-0.2, 0) is 7.05 Å². The van der Waals surface area contributed by atoms with Gasteiger partial charge in [-0.3, -0.25) is 9.36 Å². The Bertz CT molecular complexity index is 940. The van der Waals surface area contributed by atoms with Crippen molar-refractivity contribution in [1.29, 1.82) is 0 Å². The van der Waals surface area contributed by atoms with Crippen molar-refractivity contribution in [3.63, 3.8) is 0 Å². The van der Waals surface area contributed by atoms with Crippen molar-refractivity contribution in [2.24, 2.45) is 7.05 Å². The van der Waals surface area contributed by atoms with Gasteiger partial charge in [0.05, 0.1) is 5.52 Å². The average molecular weight is 317 g/mol. The van der Waals surface area contributed by atoms with Gasteiger partial charge in [-0.2, -0.15) is 0 Å². The molecule has 0 saturated carbocycles. The van der Waals surface area contributed by atoms with Crippen molar-refractivity contribution in [2.45, 2.75) is 6.92 Å². The normalized spacial score (nSPS) is 10.9. The fourth-order valence-electron chi connectivity index (χ4n) is 2.24. The second kappa shape index (κ2) is 5.35. The first-order chi connectivity index (χ1) is 10.5. The molecule has 112 valence electrons. The highest BCUT2D eigenvalue weighted by Gasteiger charge is 2.12. The number of oxazole rings is 1. The van der Waals surface area contributed by atoms with Gasteiger partial charge in [0.1, 0.15) is 0 Å². The SMILES string of the molecule is Cc1cc(Cl)ccc1NC(=O)c1ccc2c(c1)oc(=O)n2C. The molecule has 0 saturated heterocycles. The highest BCUT2D eigenvalue weighted by atomic mass is 35.5. The number of carbonyl (C=O) groups excluding carboxylic acids is 1. The lowest BCUT2D eigenvalue weighted by molar-refractivity contribution is 0.102. The van der Waals surface area contributed by atoms with Crippen LogP contribution in [0.4, 0.5) is 5.69 Å². The first kappa shape index (κ1) is 14.4. The molecule has 3 rings (SSSR count). The fraction of sp³-hybridized carbons (Fsp3) is 0.125. The number of hydrogen-bond acceptors (Lipinski definition) is 3. The molecule has 0 unspecified atom stereocenters. The predicted octanol–water partition coefficient (Wildman–Crippen LogP) is 3.35. The van der Waals surface area contributed by atoms with Gasteiger partial charge in [-0.05, 0) is 48.9 Å². The Morgan fingerprint density at radius 2 is 2.00 bits per heavy atom. The van der Waals surface area contributed by atoms with E-state index in [0.29, 0.717) is 27.4 Å².